The van der Waals surface area contributed by atoms with Crippen LogP contribution in [0.15, 0.2) is 17.1 Å². The van der Waals surface area contributed by atoms with E-state index in [1.807, 2.05) is 13.8 Å². The Bertz CT molecular complexity index is 584. The molecule has 1 aromatic rings. The van der Waals surface area contributed by atoms with Gasteiger partial charge >= 0.3 is 0 Å². The second kappa shape index (κ2) is 5.08. The molecule has 2 amide bonds. The summed E-state index contributed by atoms with van der Waals surface area (Å²) >= 11 is 0. The zero-order valence-corrected chi connectivity index (χ0v) is 12.9. The predicted molar refractivity (Wildman–Crippen MR) is 76.9 cm³/mol. The van der Waals surface area contributed by atoms with Gasteiger partial charge in [-0.1, -0.05) is 0 Å². The van der Waals surface area contributed by atoms with Gasteiger partial charge in [0.2, 0.25) is 5.91 Å². The van der Waals surface area contributed by atoms with Crippen molar-refractivity contribution in [1.82, 2.24) is 9.88 Å². The fraction of sp³-hybridized carbons (Fsp3) is 0.667. The molecular weight excluding hydrogens is 286 g/mol. The van der Waals surface area contributed by atoms with Gasteiger partial charge in [-0.2, -0.15) is 0 Å². The average Bonchev–Trinajstić information content (AvgIpc) is 3.09. The normalized spacial score (nSPS) is 30.1. The standard InChI is InChI=1S/C15H21N3O4/c1-14(2)8-15(11(22-14)6-12(16)19)4-3-5-18(15)13(20)10-7-21-9-17-10/h7,9,11H,3-6,8H2,1-2H3,(H2,16,19)/t11-,15+/m0/s1. The van der Waals surface area contributed by atoms with Gasteiger partial charge in [0.05, 0.1) is 23.7 Å². The molecule has 0 saturated carbocycles. The van der Waals surface area contributed by atoms with Crippen LogP contribution < -0.4 is 5.73 Å². The zero-order valence-electron chi connectivity index (χ0n) is 12.9. The van der Waals surface area contributed by atoms with E-state index in [2.05, 4.69) is 4.98 Å². The minimum atomic E-state index is -0.492. The Balaban J connectivity index is 1.94. The monoisotopic (exact) mass is 307 g/mol. The fourth-order valence-electron chi connectivity index (χ4n) is 3.98. The SMILES string of the molecule is CC1(C)C[C@]2(CCCN2C(=O)c2cocn2)[C@H](CC(N)=O)O1. The number of nitrogens with zero attached hydrogens (tertiary/aromatic N) is 2. The first-order valence-corrected chi connectivity index (χ1v) is 7.50. The lowest BCUT2D eigenvalue weighted by Crippen LogP contribution is -2.53. The van der Waals surface area contributed by atoms with E-state index in [1.54, 1.807) is 4.90 Å². The third-order valence-corrected chi connectivity index (χ3v) is 4.60. The zero-order chi connectivity index (χ0) is 16.0. The maximum absolute atomic E-state index is 12.7. The van der Waals surface area contributed by atoms with E-state index in [4.69, 9.17) is 14.9 Å². The Hall–Kier alpha value is -1.89. The third kappa shape index (κ3) is 2.39. The van der Waals surface area contributed by atoms with Gasteiger partial charge in [0.1, 0.15) is 6.26 Å². The van der Waals surface area contributed by atoms with Crippen molar-refractivity contribution in [3.05, 3.63) is 18.4 Å². The first-order chi connectivity index (χ1) is 10.3. The van der Waals surface area contributed by atoms with Crippen LogP contribution in [0.5, 0.6) is 0 Å². The maximum Gasteiger partial charge on any atom is 0.276 e. The Kier molecular flexibility index (Phi) is 3.47. The van der Waals surface area contributed by atoms with Gasteiger partial charge in [0, 0.05) is 13.0 Å². The maximum atomic E-state index is 12.7. The van der Waals surface area contributed by atoms with Gasteiger partial charge in [-0.15, -0.1) is 0 Å². The number of hydrogen-bond donors (Lipinski definition) is 1. The minimum Gasteiger partial charge on any atom is -0.451 e. The molecule has 0 aromatic carbocycles. The van der Waals surface area contributed by atoms with Crippen molar-refractivity contribution in [2.75, 3.05) is 6.54 Å². The van der Waals surface area contributed by atoms with Crippen LogP contribution in [0.4, 0.5) is 0 Å². The quantitative estimate of drug-likeness (QED) is 0.901. The van der Waals surface area contributed by atoms with Crippen LogP contribution in [0, 0.1) is 0 Å². The lowest BCUT2D eigenvalue weighted by molar-refractivity contribution is -0.123. The Morgan fingerprint density at radius 1 is 1.50 bits per heavy atom. The summed E-state index contributed by atoms with van der Waals surface area (Å²) in [6, 6.07) is 0. The van der Waals surface area contributed by atoms with Crippen LogP contribution in [0.25, 0.3) is 0 Å². The van der Waals surface area contributed by atoms with Crippen molar-refractivity contribution in [2.45, 2.75) is 56.8 Å². The van der Waals surface area contributed by atoms with Crippen LogP contribution in [0.2, 0.25) is 0 Å². The minimum absolute atomic E-state index is 0.117. The van der Waals surface area contributed by atoms with Crippen LogP contribution in [-0.4, -0.2) is 45.5 Å². The first kappa shape index (κ1) is 15.0. The summed E-state index contributed by atoms with van der Waals surface area (Å²) in [5.41, 5.74) is 4.77. The Morgan fingerprint density at radius 3 is 2.91 bits per heavy atom. The summed E-state index contributed by atoms with van der Waals surface area (Å²) in [7, 11) is 0. The number of carbonyl (C=O) groups is 2. The highest BCUT2D eigenvalue weighted by Gasteiger charge is 2.58. The van der Waals surface area contributed by atoms with E-state index in [9.17, 15) is 9.59 Å². The molecule has 0 radical (unpaired) electrons. The van der Waals surface area contributed by atoms with Crippen molar-refractivity contribution in [2.24, 2.45) is 5.73 Å². The van der Waals surface area contributed by atoms with Gasteiger partial charge in [-0.3, -0.25) is 9.59 Å². The van der Waals surface area contributed by atoms with Gasteiger partial charge < -0.3 is 19.8 Å². The highest BCUT2D eigenvalue weighted by Crippen LogP contribution is 2.49. The Morgan fingerprint density at radius 2 is 2.27 bits per heavy atom. The van der Waals surface area contributed by atoms with E-state index in [1.165, 1.54) is 12.7 Å². The van der Waals surface area contributed by atoms with Crippen LogP contribution in [-0.2, 0) is 9.53 Å². The average molecular weight is 307 g/mol. The molecule has 120 valence electrons. The fourth-order valence-corrected chi connectivity index (χ4v) is 3.98. The number of nitrogens with two attached hydrogens (primary N) is 1. The number of aromatic nitrogens is 1. The number of hydrogen-bond acceptors (Lipinski definition) is 5. The van der Waals surface area contributed by atoms with Crippen molar-refractivity contribution in [3.8, 4) is 0 Å². The summed E-state index contributed by atoms with van der Waals surface area (Å²) in [6.07, 6.45) is 4.69. The molecular formula is C15H21N3O4. The second-order valence-electron chi connectivity index (χ2n) is 6.75. The Labute approximate surface area is 128 Å². The molecule has 7 heteroatoms. The van der Waals surface area contributed by atoms with E-state index < -0.39 is 17.0 Å². The molecule has 2 N–H and O–H groups in total. The van der Waals surface area contributed by atoms with Gasteiger partial charge in [0.25, 0.3) is 5.91 Å². The summed E-state index contributed by atoms with van der Waals surface area (Å²) < 4.78 is 11.0. The molecule has 2 aliphatic rings. The molecule has 2 saturated heterocycles. The highest BCUT2D eigenvalue weighted by atomic mass is 16.5. The van der Waals surface area contributed by atoms with E-state index in [0.29, 0.717) is 13.0 Å². The lowest BCUT2D eigenvalue weighted by Gasteiger charge is -2.38. The smallest absolute Gasteiger partial charge is 0.276 e. The largest absolute Gasteiger partial charge is 0.451 e. The van der Waals surface area contributed by atoms with Gasteiger partial charge in [-0.25, -0.2) is 4.98 Å². The molecule has 7 nitrogen and oxygen atoms in total. The van der Waals surface area contributed by atoms with Crippen molar-refractivity contribution in [3.63, 3.8) is 0 Å². The van der Waals surface area contributed by atoms with Crippen LogP contribution in [0.1, 0.15) is 50.0 Å². The third-order valence-electron chi connectivity index (χ3n) is 4.60. The van der Waals surface area contributed by atoms with Gasteiger partial charge in [0.15, 0.2) is 12.1 Å². The van der Waals surface area contributed by atoms with Crippen LogP contribution in [0.3, 0.4) is 0 Å². The number of rotatable bonds is 3. The number of likely N-dealkylation sites (tertiary alicyclic amines) is 1. The van der Waals surface area contributed by atoms with Crippen LogP contribution >= 0.6 is 0 Å². The number of oxazole rings is 1. The topological polar surface area (TPSA) is 98.7 Å². The molecule has 0 unspecified atom stereocenters. The molecule has 2 aliphatic heterocycles. The summed E-state index contributed by atoms with van der Waals surface area (Å²) in [6.45, 7) is 4.58. The summed E-state index contributed by atoms with van der Waals surface area (Å²) in [5, 5.41) is 0. The summed E-state index contributed by atoms with van der Waals surface area (Å²) in [4.78, 5) is 29.9. The number of carbonyl (C=O) groups excluding carboxylic acids is 2. The molecule has 0 aliphatic carbocycles. The highest BCUT2D eigenvalue weighted by molar-refractivity contribution is 5.93. The van der Waals surface area contributed by atoms with E-state index >= 15 is 0 Å². The molecule has 3 rings (SSSR count). The van der Waals surface area contributed by atoms with E-state index in [0.717, 1.165) is 12.8 Å². The molecule has 2 fully saturated rings. The molecule has 1 aromatic heterocycles. The van der Waals surface area contributed by atoms with E-state index in [-0.39, 0.29) is 24.1 Å². The molecule has 2 atom stereocenters. The first-order valence-electron chi connectivity index (χ1n) is 7.50. The number of primary amides is 1. The molecule has 0 bridgehead atoms. The number of ether oxygens (including phenoxy) is 1. The van der Waals surface area contributed by atoms with Crippen molar-refractivity contribution < 1.29 is 18.7 Å². The molecule has 3 heterocycles. The summed E-state index contributed by atoms with van der Waals surface area (Å²) in [5.74, 6) is -0.593. The molecule has 1 spiro atoms. The number of amides is 2. The molecule has 22 heavy (non-hydrogen) atoms. The second-order valence-corrected chi connectivity index (χ2v) is 6.75. The van der Waals surface area contributed by atoms with Gasteiger partial charge in [-0.05, 0) is 26.7 Å². The predicted octanol–water partition coefficient (Wildman–Crippen LogP) is 1.09. The van der Waals surface area contributed by atoms with Crippen molar-refractivity contribution in [1.29, 1.82) is 0 Å². The van der Waals surface area contributed by atoms with Crippen molar-refractivity contribution >= 4 is 11.8 Å². The lowest BCUT2D eigenvalue weighted by atomic mass is 9.82.